The maximum atomic E-state index is 11.5. The molecule has 1 aliphatic rings. The minimum Gasteiger partial charge on any atom is -0.466 e. The lowest BCUT2D eigenvalue weighted by molar-refractivity contribution is -0.148. The fraction of sp³-hybridized carbons (Fsp3) is 0.917. The third-order valence-electron chi connectivity index (χ3n) is 2.85. The van der Waals surface area contributed by atoms with Crippen LogP contribution >= 0.6 is 0 Å². The van der Waals surface area contributed by atoms with Crippen molar-refractivity contribution in [1.82, 2.24) is 10.2 Å². The molecule has 94 valence electrons. The smallest absolute Gasteiger partial charge is 0.309 e. The predicted molar refractivity (Wildman–Crippen MR) is 64.3 cm³/mol. The number of rotatable bonds is 4. The van der Waals surface area contributed by atoms with E-state index in [2.05, 4.69) is 24.1 Å². The number of hydrogen-bond acceptors (Lipinski definition) is 4. The van der Waals surface area contributed by atoms with Crippen LogP contribution in [0.3, 0.4) is 0 Å². The highest BCUT2D eigenvalue weighted by molar-refractivity contribution is 5.72. The number of carbonyl (C=O) groups is 1. The van der Waals surface area contributed by atoms with Crippen LogP contribution in [-0.2, 0) is 9.53 Å². The number of piperazine rings is 1. The third kappa shape index (κ3) is 4.10. The van der Waals surface area contributed by atoms with Gasteiger partial charge in [0, 0.05) is 31.7 Å². The molecule has 0 aromatic rings. The van der Waals surface area contributed by atoms with Gasteiger partial charge in [-0.05, 0) is 20.8 Å². The Labute approximate surface area is 98.3 Å². The first kappa shape index (κ1) is 13.5. The largest absolute Gasteiger partial charge is 0.466 e. The molecule has 1 rings (SSSR count). The zero-order valence-corrected chi connectivity index (χ0v) is 10.8. The highest BCUT2D eigenvalue weighted by Crippen LogP contribution is 2.08. The molecule has 4 heteroatoms. The average Bonchev–Trinajstić information content (AvgIpc) is 2.16. The van der Waals surface area contributed by atoms with Crippen LogP contribution in [0.15, 0.2) is 0 Å². The Balaban J connectivity index is 2.38. The van der Waals surface area contributed by atoms with E-state index in [1.165, 1.54) is 0 Å². The molecule has 16 heavy (non-hydrogen) atoms. The van der Waals surface area contributed by atoms with Gasteiger partial charge in [-0.1, -0.05) is 6.92 Å². The lowest BCUT2D eigenvalue weighted by Crippen LogP contribution is -2.55. The molecular weight excluding hydrogens is 204 g/mol. The molecule has 0 radical (unpaired) electrons. The average molecular weight is 228 g/mol. The normalized spacial score (nSPS) is 28.8. The molecule has 0 saturated carbocycles. The van der Waals surface area contributed by atoms with Gasteiger partial charge in [0.15, 0.2) is 0 Å². The second kappa shape index (κ2) is 6.21. The molecule has 1 aliphatic heterocycles. The molecule has 3 atom stereocenters. The van der Waals surface area contributed by atoms with Crippen molar-refractivity contribution in [2.45, 2.75) is 39.8 Å². The van der Waals surface area contributed by atoms with Gasteiger partial charge >= 0.3 is 5.97 Å². The number of hydrogen-bond donors (Lipinski definition) is 1. The monoisotopic (exact) mass is 228 g/mol. The molecule has 0 amide bonds. The van der Waals surface area contributed by atoms with Crippen molar-refractivity contribution in [1.29, 1.82) is 0 Å². The molecule has 4 nitrogen and oxygen atoms in total. The topological polar surface area (TPSA) is 41.6 Å². The van der Waals surface area contributed by atoms with Crippen molar-refractivity contribution in [3.8, 4) is 0 Å². The van der Waals surface area contributed by atoms with Crippen LogP contribution < -0.4 is 5.32 Å². The number of nitrogens with zero attached hydrogens (tertiary/aromatic N) is 1. The van der Waals surface area contributed by atoms with E-state index in [0.29, 0.717) is 18.7 Å². The summed E-state index contributed by atoms with van der Waals surface area (Å²) in [6.45, 7) is 11.4. The van der Waals surface area contributed by atoms with E-state index in [4.69, 9.17) is 4.74 Å². The van der Waals surface area contributed by atoms with Crippen molar-refractivity contribution in [2.24, 2.45) is 5.92 Å². The number of nitrogens with one attached hydrogen (secondary N) is 1. The summed E-state index contributed by atoms with van der Waals surface area (Å²) in [6.07, 6.45) is 0. The summed E-state index contributed by atoms with van der Waals surface area (Å²) in [5.74, 6) is -0.112. The minimum absolute atomic E-state index is 0.0301. The molecule has 1 N–H and O–H groups in total. The summed E-state index contributed by atoms with van der Waals surface area (Å²) in [5, 5.41) is 3.48. The quantitative estimate of drug-likeness (QED) is 0.725. The fourth-order valence-corrected chi connectivity index (χ4v) is 2.34. The van der Waals surface area contributed by atoms with E-state index in [9.17, 15) is 4.79 Å². The van der Waals surface area contributed by atoms with Crippen LogP contribution in [0.2, 0.25) is 0 Å². The Bertz CT molecular complexity index is 223. The molecule has 1 saturated heterocycles. The Kier molecular flexibility index (Phi) is 5.22. The van der Waals surface area contributed by atoms with E-state index in [1.54, 1.807) is 0 Å². The van der Waals surface area contributed by atoms with Gasteiger partial charge in [-0.25, -0.2) is 0 Å². The van der Waals surface area contributed by atoms with Gasteiger partial charge in [-0.2, -0.15) is 0 Å². The van der Waals surface area contributed by atoms with Crippen LogP contribution in [0, 0.1) is 5.92 Å². The number of carbonyl (C=O) groups excluding carboxylic acids is 1. The van der Waals surface area contributed by atoms with E-state index in [1.807, 2.05) is 13.8 Å². The van der Waals surface area contributed by atoms with Crippen LogP contribution in [0.4, 0.5) is 0 Å². The van der Waals surface area contributed by atoms with Gasteiger partial charge in [-0.15, -0.1) is 0 Å². The van der Waals surface area contributed by atoms with Gasteiger partial charge in [0.25, 0.3) is 0 Å². The Morgan fingerprint density at radius 3 is 2.50 bits per heavy atom. The Hall–Kier alpha value is -0.610. The van der Waals surface area contributed by atoms with E-state index >= 15 is 0 Å². The van der Waals surface area contributed by atoms with Gasteiger partial charge in [-0.3, -0.25) is 9.69 Å². The maximum Gasteiger partial charge on any atom is 0.309 e. The molecule has 0 aromatic carbocycles. The van der Waals surface area contributed by atoms with Crippen LogP contribution in [-0.4, -0.2) is 49.2 Å². The fourth-order valence-electron chi connectivity index (χ4n) is 2.34. The molecule has 1 heterocycles. The first-order valence-corrected chi connectivity index (χ1v) is 6.18. The highest BCUT2D eigenvalue weighted by Gasteiger charge is 2.24. The van der Waals surface area contributed by atoms with Crippen LogP contribution in [0.25, 0.3) is 0 Å². The van der Waals surface area contributed by atoms with Gasteiger partial charge in [0.05, 0.1) is 12.5 Å². The zero-order chi connectivity index (χ0) is 12.1. The SMILES string of the molecule is CCOC(=O)C(C)CN1CC(C)NC(C)C1. The van der Waals surface area contributed by atoms with Crippen molar-refractivity contribution >= 4 is 5.97 Å². The van der Waals surface area contributed by atoms with E-state index in [0.717, 1.165) is 19.6 Å². The number of ether oxygens (including phenoxy) is 1. The molecule has 0 bridgehead atoms. The molecule has 1 fully saturated rings. The van der Waals surface area contributed by atoms with Crippen molar-refractivity contribution in [2.75, 3.05) is 26.2 Å². The van der Waals surface area contributed by atoms with E-state index < -0.39 is 0 Å². The highest BCUT2D eigenvalue weighted by atomic mass is 16.5. The lowest BCUT2D eigenvalue weighted by Gasteiger charge is -2.37. The summed E-state index contributed by atoms with van der Waals surface area (Å²) in [7, 11) is 0. The first-order chi connectivity index (χ1) is 7.52. The third-order valence-corrected chi connectivity index (χ3v) is 2.85. The molecule has 0 aliphatic carbocycles. The summed E-state index contributed by atoms with van der Waals surface area (Å²) >= 11 is 0. The molecule has 0 aromatic heterocycles. The van der Waals surface area contributed by atoms with Crippen molar-refractivity contribution in [3.05, 3.63) is 0 Å². The zero-order valence-electron chi connectivity index (χ0n) is 10.8. The number of esters is 1. The maximum absolute atomic E-state index is 11.5. The molecule has 3 unspecified atom stereocenters. The molecule has 0 spiro atoms. The molecular formula is C12H24N2O2. The van der Waals surface area contributed by atoms with Gasteiger partial charge < -0.3 is 10.1 Å². The van der Waals surface area contributed by atoms with Crippen LogP contribution in [0.1, 0.15) is 27.7 Å². The predicted octanol–water partition coefficient (Wildman–Crippen LogP) is 0.868. The van der Waals surface area contributed by atoms with Crippen molar-refractivity contribution in [3.63, 3.8) is 0 Å². The van der Waals surface area contributed by atoms with Crippen molar-refractivity contribution < 1.29 is 9.53 Å². The summed E-state index contributed by atoms with van der Waals surface area (Å²) < 4.78 is 5.02. The minimum atomic E-state index is -0.0821. The van der Waals surface area contributed by atoms with Crippen LogP contribution in [0.5, 0.6) is 0 Å². The van der Waals surface area contributed by atoms with Gasteiger partial charge in [0.1, 0.15) is 0 Å². The second-order valence-corrected chi connectivity index (χ2v) is 4.84. The van der Waals surface area contributed by atoms with E-state index in [-0.39, 0.29) is 11.9 Å². The van der Waals surface area contributed by atoms with Gasteiger partial charge in [0.2, 0.25) is 0 Å². The summed E-state index contributed by atoms with van der Waals surface area (Å²) in [4.78, 5) is 13.9. The Morgan fingerprint density at radius 1 is 1.44 bits per heavy atom. The standard InChI is InChI=1S/C12H24N2O2/c1-5-16-12(15)9(2)6-14-7-10(3)13-11(4)8-14/h9-11,13H,5-8H2,1-4H3. The summed E-state index contributed by atoms with van der Waals surface area (Å²) in [6, 6.07) is 0.997. The summed E-state index contributed by atoms with van der Waals surface area (Å²) in [5.41, 5.74) is 0. The first-order valence-electron chi connectivity index (χ1n) is 6.18. The Morgan fingerprint density at radius 2 is 2.00 bits per heavy atom. The second-order valence-electron chi connectivity index (χ2n) is 4.84. The lowest BCUT2D eigenvalue weighted by atomic mass is 10.1.